The molecule has 0 aromatic rings. The zero-order chi connectivity index (χ0) is 2.00. The molecule has 1 nitrogen and oxygen atoms in total. The summed E-state index contributed by atoms with van der Waals surface area (Å²) in [5, 5.41) is 0. The van der Waals surface area contributed by atoms with E-state index in [0.717, 1.165) is 0 Å². The van der Waals surface area contributed by atoms with E-state index in [4.69, 9.17) is 2.81 Å². The normalized spacial score (nSPS) is 0.429. The minimum absolute atomic E-state index is 0. The summed E-state index contributed by atoms with van der Waals surface area (Å²) in [5.74, 6) is 0. The Balaban J connectivity index is -0.000000000500. The van der Waals surface area contributed by atoms with Crippen LogP contribution in [0, 0.1) is 0 Å². The maximum atomic E-state index is 8.34. The number of hydrogen-bond acceptors (Lipinski definition) is 1. The van der Waals surface area contributed by atoms with Gasteiger partial charge in [0.15, 0.2) is 17.4 Å². The van der Waals surface area contributed by atoms with Crippen molar-refractivity contribution in [3.63, 3.8) is 0 Å². The van der Waals surface area contributed by atoms with Crippen LogP contribution in [0.25, 0.3) is 0 Å². The summed E-state index contributed by atoms with van der Waals surface area (Å²) in [7, 11) is 0. The Morgan fingerprint density at radius 2 is 1.14 bits per heavy atom. The quantitative estimate of drug-likeness (QED) is 0.474. The van der Waals surface area contributed by atoms with Gasteiger partial charge in [0.05, 0.1) is 0 Å². The van der Waals surface area contributed by atoms with Crippen molar-refractivity contribution in [1.29, 1.82) is 0 Å². The van der Waals surface area contributed by atoms with Crippen molar-refractivity contribution in [2.24, 2.45) is 0 Å². The standard InChI is InChI=1S/Al.Co.Li.Mn.Ni.O.Zr.4H. The third-order valence-corrected chi connectivity index (χ3v) is 0. The Kier molecular flexibility index (Phi) is 400. The first-order chi connectivity index (χ1) is 1.00. The Bertz CT molecular complexity index is 19.7. The van der Waals surface area contributed by atoms with Gasteiger partial charge < -0.3 is 0 Å². The summed E-state index contributed by atoms with van der Waals surface area (Å²) in [6.07, 6.45) is 0. The van der Waals surface area contributed by atoms with E-state index in [1.165, 1.54) is 0 Å². The molecule has 2 radical (unpaired) electrons. The van der Waals surface area contributed by atoms with Crippen LogP contribution in [0.4, 0.5) is 0 Å². The molecule has 0 rings (SSSR count). The van der Waals surface area contributed by atoms with Crippen LogP contribution in [0.2, 0.25) is 0 Å². The van der Waals surface area contributed by atoms with Gasteiger partial charge in [-0.05, 0) is 0 Å². The summed E-state index contributed by atoms with van der Waals surface area (Å²) >= 11 is 0.300. The van der Waals surface area contributed by atoms with Gasteiger partial charge in [-0.25, -0.2) is 0 Å². The fourth-order valence-corrected chi connectivity index (χ4v) is 0. The van der Waals surface area contributed by atoms with Gasteiger partial charge in [-0.2, -0.15) is 0 Å². The summed E-state index contributed by atoms with van der Waals surface area (Å²) in [5.41, 5.74) is 0. The van der Waals surface area contributed by atoms with Gasteiger partial charge >= 0.3 is 46.4 Å². The monoisotopic (exact) mass is 316 g/mol. The van der Waals surface area contributed by atoms with E-state index in [0.29, 0.717) is 24.7 Å². The van der Waals surface area contributed by atoms with Crippen LogP contribution in [-0.4, -0.2) is 36.2 Å². The van der Waals surface area contributed by atoms with Crippen LogP contribution >= 0.6 is 0 Å². The third kappa shape index (κ3) is 45.2. The number of hydrogen-bond donors (Lipinski definition) is 0. The van der Waals surface area contributed by atoms with Crippen molar-refractivity contribution in [2.45, 2.75) is 0 Å². The van der Waals surface area contributed by atoms with Crippen molar-refractivity contribution in [1.82, 2.24) is 0 Å². The molecule has 0 aromatic heterocycles. The van der Waals surface area contributed by atoms with E-state index in [-0.39, 0.29) is 86.6 Å². The van der Waals surface area contributed by atoms with Crippen LogP contribution in [0.1, 0.15) is 0 Å². The van der Waals surface area contributed by atoms with E-state index < -0.39 is 0 Å². The van der Waals surface area contributed by atoms with Gasteiger partial charge in [-0.3, -0.25) is 0 Å². The molecule has 0 amide bonds. The molecule has 0 saturated heterocycles. The van der Waals surface area contributed by atoms with E-state index in [9.17, 15) is 0 Å². The second kappa shape index (κ2) is 58.3. The Labute approximate surface area is 112 Å². The molecule has 0 aromatic carbocycles. The molecule has 0 fully saturated rings. The second-order valence-corrected chi connectivity index (χ2v) is 0. The first-order valence-electron chi connectivity index (χ1n) is 0.204. The van der Waals surface area contributed by atoms with Crippen molar-refractivity contribution >= 4 is 36.2 Å². The molecule has 0 bridgehead atoms. The summed E-state index contributed by atoms with van der Waals surface area (Å²) < 4.78 is 8.34. The van der Waals surface area contributed by atoms with Gasteiger partial charge in [0, 0.05) is 50.3 Å². The molecule has 0 atom stereocenters. The van der Waals surface area contributed by atoms with Crippen LogP contribution in [0.5, 0.6) is 0 Å². The second-order valence-electron chi connectivity index (χ2n) is 0. The Morgan fingerprint density at radius 1 is 1.14 bits per heavy atom. The molecule has 0 unspecified atom stereocenters. The average molecular weight is 318 g/mol. The third-order valence-electron chi connectivity index (χ3n) is 0. The minimum atomic E-state index is 0. The zero-order valence-electron chi connectivity index (χ0n) is 1.94. The van der Waals surface area contributed by atoms with Crippen LogP contribution < -0.4 is 0 Å². The SMILES string of the molecule is [AlH3].[Co].[LiH].[Mn].[Ni].[O]=[Zr]. The predicted octanol–water partition coefficient (Wildman–Crippen LogP) is -1.96. The van der Waals surface area contributed by atoms with E-state index in [1.807, 2.05) is 0 Å². The molecule has 0 aliphatic carbocycles. The molecular weight excluding hydrogens is 314 g/mol. The summed E-state index contributed by atoms with van der Waals surface area (Å²) in [4.78, 5) is 0. The molecule has 0 saturated carbocycles. The van der Waals surface area contributed by atoms with Crippen molar-refractivity contribution in [3.8, 4) is 0 Å². The van der Waals surface area contributed by atoms with Gasteiger partial charge in [0.25, 0.3) is 0 Å². The van der Waals surface area contributed by atoms with Crippen LogP contribution in [0.15, 0.2) is 0 Å². The summed E-state index contributed by atoms with van der Waals surface area (Å²) in [6, 6.07) is 0. The van der Waals surface area contributed by atoms with Crippen molar-refractivity contribution in [2.75, 3.05) is 0 Å². The maximum absolute atomic E-state index is 8.34. The molecule has 0 aliphatic heterocycles. The molecule has 0 heterocycles. The summed E-state index contributed by atoms with van der Waals surface area (Å²) in [6.45, 7) is 0. The molecule has 7 heteroatoms. The first-order valence-corrected chi connectivity index (χ1v) is 1.21. The molecule has 44 valence electrons. The molecule has 0 spiro atoms. The van der Waals surface area contributed by atoms with Gasteiger partial charge in [-0.1, -0.05) is 0 Å². The zero-order valence-corrected chi connectivity index (χ0v) is 7.60. The fraction of sp³-hybridized carbons (Fsp3) is 0. The van der Waals surface area contributed by atoms with Gasteiger partial charge in [0.1, 0.15) is 0 Å². The molecule has 0 aliphatic rings. The van der Waals surface area contributed by atoms with Gasteiger partial charge in [-0.15, -0.1) is 0 Å². The molecule has 0 N–H and O–H groups in total. The van der Waals surface area contributed by atoms with E-state index >= 15 is 0 Å². The first kappa shape index (κ1) is 47.9. The van der Waals surface area contributed by atoms with Crippen molar-refractivity contribution in [3.05, 3.63) is 0 Å². The topological polar surface area (TPSA) is 17.1 Å². The Hall–Kier alpha value is 3.33. The molecular formula is H4AlCoLiMnNiOZr. The Morgan fingerprint density at radius 3 is 1.14 bits per heavy atom. The predicted molar refractivity (Wildman–Crippen MR) is 17.8 cm³/mol. The average Bonchev–Trinajstić information content (AvgIpc) is 1.00. The van der Waals surface area contributed by atoms with E-state index in [2.05, 4.69) is 0 Å². The number of rotatable bonds is 0. The van der Waals surface area contributed by atoms with E-state index in [1.54, 1.807) is 0 Å². The van der Waals surface area contributed by atoms with Crippen molar-refractivity contribution < 1.29 is 77.9 Å². The fourth-order valence-electron chi connectivity index (χ4n) is 0. The van der Waals surface area contributed by atoms with Gasteiger partial charge in [0.2, 0.25) is 0 Å². The molecule has 7 heavy (non-hydrogen) atoms. The van der Waals surface area contributed by atoms with Crippen LogP contribution in [-0.2, 0) is 77.9 Å². The van der Waals surface area contributed by atoms with Crippen LogP contribution in [0.3, 0.4) is 0 Å².